The molecule has 0 radical (unpaired) electrons. The van der Waals surface area contributed by atoms with Crippen LogP contribution in [0.5, 0.6) is 0 Å². The lowest BCUT2D eigenvalue weighted by atomic mass is 10.1. The molecular formula is C20H21N3O4S. The van der Waals surface area contributed by atoms with Gasteiger partial charge in [0.1, 0.15) is 5.56 Å². The zero-order chi connectivity index (χ0) is 20.3. The van der Waals surface area contributed by atoms with Crippen LogP contribution in [0.2, 0.25) is 0 Å². The third-order valence-electron chi connectivity index (χ3n) is 4.14. The van der Waals surface area contributed by atoms with E-state index in [-0.39, 0.29) is 21.8 Å². The smallest absolute Gasteiger partial charge is 0.261 e. The SMILES string of the molecule is CC(C)CNS(=O)(=O)c1ccc(NC(=O)c2c[nH]c3ccccc3c2=O)cc1. The summed E-state index contributed by atoms with van der Waals surface area (Å²) in [7, 11) is -3.60. The third kappa shape index (κ3) is 4.29. The first kappa shape index (κ1) is 19.8. The highest BCUT2D eigenvalue weighted by Gasteiger charge is 2.16. The molecule has 146 valence electrons. The van der Waals surface area contributed by atoms with Crippen LogP contribution in [0.15, 0.2) is 64.4 Å². The largest absolute Gasteiger partial charge is 0.360 e. The number of amides is 1. The molecule has 0 unspecified atom stereocenters. The summed E-state index contributed by atoms with van der Waals surface area (Å²) in [5.74, 6) is -0.381. The highest BCUT2D eigenvalue weighted by molar-refractivity contribution is 7.89. The fourth-order valence-electron chi connectivity index (χ4n) is 2.61. The van der Waals surface area contributed by atoms with Gasteiger partial charge in [-0.05, 0) is 42.3 Å². The first-order valence-electron chi connectivity index (χ1n) is 8.79. The van der Waals surface area contributed by atoms with E-state index in [0.717, 1.165) is 0 Å². The number of aromatic nitrogens is 1. The number of fused-ring (bicyclic) bond motifs is 1. The zero-order valence-electron chi connectivity index (χ0n) is 15.5. The van der Waals surface area contributed by atoms with E-state index < -0.39 is 15.9 Å². The topological polar surface area (TPSA) is 108 Å². The Kier molecular flexibility index (Phi) is 5.62. The molecule has 0 aliphatic rings. The second kappa shape index (κ2) is 7.95. The van der Waals surface area contributed by atoms with Gasteiger partial charge in [0, 0.05) is 29.3 Å². The third-order valence-corrected chi connectivity index (χ3v) is 5.58. The molecule has 8 heteroatoms. The van der Waals surface area contributed by atoms with Gasteiger partial charge in [0.15, 0.2) is 0 Å². The van der Waals surface area contributed by atoms with Crippen molar-refractivity contribution in [3.8, 4) is 0 Å². The minimum Gasteiger partial charge on any atom is -0.360 e. The maximum absolute atomic E-state index is 12.5. The van der Waals surface area contributed by atoms with Crippen molar-refractivity contribution in [3.05, 3.63) is 70.5 Å². The van der Waals surface area contributed by atoms with Gasteiger partial charge >= 0.3 is 0 Å². The minimum absolute atomic E-state index is 0.0194. The van der Waals surface area contributed by atoms with Crippen LogP contribution < -0.4 is 15.5 Å². The number of nitrogens with one attached hydrogen (secondary N) is 3. The summed E-state index contributed by atoms with van der Waals surface area (Å²) in [6, 6.07) is 12.7. The molecule has 0 spiro atoms. The van der Waals surface area contributed by atoms with Crippen molar-refractivity contribution in [1.82, 2.24) is 9.71 Å². The quantitative estimate of drug-likeness (QED) is 0.592. The number of pyridine rings is 1. The van der Waals surface area contributed by atoms with Gasteiger partial charge in [-0.3, -0.25) is 9.59 Å². The summed E-state index contributed by atoms with van der Waals surface area (Å²) in [5.41, 5.74) is 0.644. The van der Waals surface area contributed by atoms with E-state index in [0.29, 0.717) is 23.1 Å². The van der Waals surface area contributed by atoms with E-state index in [4.69, 9.17) is 0 Å². The number of hydrogen-bond donors (Lipinski definition) is 3. The van der Waals surface area contributed by atoms with Gasteiger partial charge in [-0.1, -0.05) is 26.0 Å². The fraction of sp³-hybridized carbons (Fsp3) is 0.200. The Morgan fingerprint density at radius 1 is 1.07 bits per heavy atom. The number of sulfonamides is 1. The summed E-state index contributed by atoms with van der Waals surface area (Å²) in [4.78, 5) is 28.0. The Morgan fingerprint density at radius 3 is 2.43 bits per heavy atom. The Bertz CT molecular complexity index is 1170. The minimum atomic E-state index is -3.60. The predicted octanol–water partition coefficient (Wildman–Crippen LogP) is 2.71. The van der Waals surface area contributed by atoms with E-state index >= 15 is 0 Å². The summed E-state index contributed by atoms with van der Waals surface area (Å²) in [6.45, 7) is 4.16. The van der Waals surface area contributed by atoms with Crippen molar-refractivity contribution in [1.29, 1.82) is 0 Å². The second-order valence-electron chi connectivity index (χ2n) is 6.80. The molecule has 3 N–H and O–H groups in total. The molecule has 0 atom stereocenters. The number of carbonyl (C=O) groups is 1. The van der Waals surface area contributed by atoms with Gasteiger partial charge in [0.05, 0.1) is 4.90 Å². The molecule has 1 heterocycles. The molecule has 0 saturated heterocycles. The number of H-pyrrole nitrogens is 1. The summed E-state index contributed by atoms with van der Waals surface area (Å²) in [6.07, 6.45) is 1.37. The maximum Gasteiger partial charge on any atom is 0.261 e. The number of para-hydroxylation sites is 1. The Hall–Kier alpha value is -2.97. The van der Waals surface area contributed by atoms with Crippen LogP contribution in [0.4, 0.5) is 5.69 Å². The van der Waals surface area contributed by atoms with Crippen LogP contribution in [0.1, 0.15) is 24.2 Å². The molecule has 0 bridgehead atoms. The average molecular weight is 399 g/mol. The summed E-state index contributed by atoms with van der Waals surface area (Å²) >= 11 is 0. The molecule has 1 aromatic heterocycles. The van der Waals surface area contributed by atoms with Gasteiger partial charge < -0.3 is 10.3 Å². The molecule has 3 aromatic rings. The van der Waals surface area contributed by atoms with Gasteiger partial charge in [0.25, 0.3) is 5.91 Å². The maximum atomic E-state index is 12.5. The first-order valence-corrected chi connectivity index (χ1v) is 10.3. The van der Waals surface area contributed by atoms with Gasteiger partial charge in [0.2, 0.25) is 15.5 Å². The molecule has 7 nitrogen and oxygen atoms in total. The Labute approximate surface area is 162 Å². The lowest BCUT2D eigenvalue weighted by Crippen LogP contribution is -2.27. The number of rotatable bonds is 6. The molecule has 3 rings (SSSR count). The van der Waals surface area contributed by atoms with Crippen molar-refractivity contribution in [2.45, 2.75) is 18.7 Å². The van der Waals surface area contributed by atoms with E-state index in [1.807, 2.05) is 13.8 Å². The van der Waals surface area contributed by atoms with Crippen LogP contribution >= 0.6 is 0 Å². The Balaban J connectivity index is 1.78. The van der Waals surface area contributed by atoms with Crippen LogP contribution in [0.25, 0.3) is 10.9 Å². The standard InChI is InChI=1S/C20H21N3O4S/c1-13(2)11-22-28(26,27)15-9-7-14(8-10-15)23-20(25)17-12-21-18-6-4-3-5-16(18)19(17)24/h3-10,12-13,22H,11H2,1-2H3,(H,21,24)(H,23,25). The highest BCUT2D eigenvalue weighted by atomic mass is 32.2. The number of anilines is 1. The van der Waals surface area contributed by atoms with Gasteiger partial charge in [-0.2, -0.15) is 0 Å². The van der Waals surface area contributed by atoms with Gasteiger partial charge in [-0.15, -0.1) is 0 Å². The normalized spacial score (nSPS) is 11.7. The van der Waals surface area contributed by atoms with Crippen LogP contribution in [0.3, 0.4) is 0 Å². The summed E-state index contributed by atoms with van der Waals surface area (Å²) in [5, 5.41) is 3.04. The van der Waals surface area contributed by atoms with Crippen LogP contribution in [0, 0.1) is 5.92 Å². The molecular weight excluding hydrogens is 378 g/mol. The van der Waals surface area contributed by atoms with E-state index in [9.17, 15) is 18.0 Å². The van der Waals surface area contributed by atoms with E-state index in [1.54, 1.807) is 24.3 Å². The second-order valence-corrected chi connectivity index (χ2v) is 8.57. The number of carbonyl (C=O) groups excluding carboxylic acids is 1. The molecule has 28 heavy (non-hydrogen) atoms. The molecule has 0 saturated carbocycles. The van der Waals surface area contributed by atoms with Crippen molar-refractivity contribution in [2.24, 2.45) is 5.92 Å². The van der Waals surface area contributed by atoms with Crippen LogP contribution in [-0.2, 0) is 10.0 Å². The molecule has 0 fully saturated rings. The van der Waals surface area contributed by atoms with Gasteiger partial charge in [-0.25, -0.2) is 13.1 Å². The molecule has 2 aromatic carbocycles. The van der Waals surface area contributed by atoms with Crippen molar-refractivity contribution in [3.63, 3.8) is 0 Å². The zero-order valence-corrected chi connectivity index (χ0v) is 16.3. The van der Waals surface area contributed by atoms with Crippen molar-refractivity contribution < 1.29 is 13.2 Å². The van der Waals surface area contributed by atoms with E-state index in [1.165, 1.54) is 30.5 Å². The highest BCUT2D eigenvalue weighted by Crippen LogP contribution is 2.15. The summed E-state index contributed by atoms with van der Waals surface area (Å²) < 4.78 is 27.0. The number of benzene rings is 2. The molecule has 1 amide bonds. The van der Waals surface area contributed by atoms with Crippen LogP contribution in [-0.4, -0.2) is 25.9 Å². The first-order chi connectivity index (χ1) is 13.3. The van der Waals surface area contributed by atoms with Crippen molar-refractivity contribution in [2.75, 3.05) is 11.9 Å². The van der Waals surface area contributed by atoms with Crippen molar-refractivity contribution >= 4 is 32.5 Å². The van der Waals surface area contributed by atoms with E-state index in [2.05, 4.69) is 15.0 Å². The average Bonchev–Trinajstić information content (AvgIpc) is 2.67. The number of hydrogen-bond acceptors (Lipinski definition) is 4. The fourth-order valence-corrected chi connectivity index (χ4v) is 3.83. The predicted molar refractivity (Wildman–Crippen MR) is 109 cm³/mol. The molecule has 0 aliphatic carbocycles. The lowest BCUT2D eigenvalue weighted by molar-refractivity contribution is 0.102. The monoisotopic (exact) mass is 399 g/mol. The molecule has 0 aliphatic heterocycles. The number of aromatic amines is 1. The lowest BCUT2D eigenvalue weighted by Gasteiger charge is -2.10. The Morgan fingerprint density at radius 2 is 1.75 bits per heavy atom.